The monoisotopic (exact) mass is 1310 g/mol. The van der Waals surface area contributed by atoms with Crippen molar-refractivity contribution in [2.24, 2.45) is 0 Å². The van der Waals surface area contributed by atoms with Crippen LogP contribution in [0.25, 0.3) is 110 Å². The molecule has 0 aliphatic heterocycles. The van der Waals surface area contributed by atoms with Crippen LogP contribution in [0.4, 0.5) is 0 Å². The zero-order valence-electron chi connectivity index (χ0n) is 52.0. The number of nitrogens with zero attached hydrogens (tertiary/aromatic N) is 32. The summed E-state index contributed by atoms with van der Waals surface area (Å²) in [6, 6.07) is 20.8. The lowest BCUT2D eigenvalue weighted by atomic mass is 10.2. The summed E-state index contributed by atoms with van der Waals surface area (Å²) in [6.45, 7) is 0. The van der Waals surface area contributed by atoms with Crippen LogP contribution in [-0.4, -0.2) is 159 Å². The smallest absolute Gasteiger partial charge is 0.197 e. The Morgan fingerprint density at radius 1 is 0.130 bits per heavy atom. The quantitative estimate of drug-likeness (QED) is 0.136. The van der Waals surface area contributed by atoms with Crippen molar-refractivity contribution in [2.75, 3.05) is 0 Å². The third-order valence-electron chi connectivity index (χ3n) is 12.6. The number of fused-ring (bicyclic) bond motifs is 10. The lowest BCUT2D eigenvalue weighted by Crippen LogP contribution is -1.87. The Bertz CT molecular complexity index is 3980. The minimum Gasteiger partial charge on any atom is -0.264 e. The molecule has 0 aliphatic rings. The van der Waals surface area contributed by atoms with Crippen LogP contribution in [0, 0.1) is 0 Å². The molecule has 32 nitrogen and oxygen atoms in total. The topological polar surface area (TPSA) is 412 Å². The van der Waals surface area contributed by atoms with Gasteiger partial charge in [0.25, 0.3) is 0 Å². The van der Waals surface area contributed by atoms with Crippen molar-refractivity contribution in [3.8, 4) is 0 Å². The van der Waals surface area contributed by atoms with Gasteiger partial charge in [-0.2, -0.15) is 0 Å². The maximum absolute atomic E-state index is 4.08. The molecule has 0 bridgehead atoms. The molecule has 0 fully saturated rings. The van der Waals surface area contributed by atoms with E-state index in [-0.39, 0.29) is 0 Å². The van der Waals surface area contributed by atoms with E-state index in [0.717, 1.165) is 82.2 Å². The van der Waals surface area contributed by atoms with Gasteiger partial charge in [0.15, 0.2) is 28.2 Å². The fourth-order valence-corrected chi connectivity index (χ4v) is 8.01. The van der Waals surface area contributed by atoms with Crippen molar-refractivity contribution in [3.63, 3.8) is 0 Å². The molecule has 0 saturated carbocycles. The highest BCUT2D eigenvalue weighted by Crippen LogP contribution is 2.10. The highest BCUT2D eigenvalue weighted by Gasteiger charge is 1.97. The van der Waals surface area contributed by atoms with E-state index in [1.165, 1.54) is 56.0 Å². The molecule has 0 N–H and O–H groups in total. The zero-order valence-corrected chi connectivity index (χ0v) is 52.0. The Morgan fingerprint density at radius 2 is 0.440 bits per heavy atom. The molecule has 480 valence electrons. The van der Waals surface area contributed by atoms with Gasteiger partial charge in [-0.05, 0) is 72.1 Å². The van der Waals surface area contributed by atoms with Crippen LogP contribution in [-0.2, 0) is 0 Å². The second kappa shape index (κ2) is 36.9. The summed E-state index contributed by atoms with van der Waals surface area (Å²) in [5.41, 5.74) is 11.0. The van der Waals surface area contributed by atoms with Gasteiger partial charge in [-0.25, -0.2) is 115 Å². The van der Waals surface area contributed by atoms with Gasteiger partial charge in [0, 0.05) is 170 Å². The summed E-state index contributed by atoms with van der Waals surface area (Å²) < 4.78 is 0. The lowest BCUT2D eigenvalue weighted by Gasteiger charge is -1.91. The van der Waals surface area contributed by atoms with E-state index in [2.05, 4.69) is 159 Å². The summed E-state index contributed by atoms with van der Waals surface area (Å²) in [4.78, 5) is 126. The van der Waals surface area contributed by atoms with E-state index in [4.69, 9.17) is 0 Å². The van der Waals surface area contributed by atoms with Gasteiger partial charge < -0.3 is 0 Å². The summed E-state index contributed by atoms with van der Waals surface area (Å²) in [7, 11) is 0. The average Bonchev–Trinajstić information content (AvgIpc) is 3.14. The molecular weight excluding hydrogens is 1260 g/mol. The first kappa shape index (κ1) is 66.2. The number of aromatic nitrogens is 32. The Labute approximate surface area is 564 Å². The standard InChI is InChI=1S/C8H6N2.6C7H5N3.3C6H4N4/c1-3-9-5-8-6-10-4-2-7(1)8;1-2-8-3-6-4-9-5-10-7(1)6;1-2-8-4-7-6(1)3-9-5-10-7;1-2-8-5-7-6(1)9-3-4-10-7;1-2-6-7(9-3-1)4-8-5-10-6;1-2-6-4-8-5-10-7(6)9-3-1;1-2-6-7(9-3-1)10-5-4-8-6;1-5-6(10-3-7-1)2-8-4-9-5;1-5-2-8-4-10-6(5)9-3-7-1;1-2-8-6-5(7-1)9-3-4-10-6/h1-6H;6*1-5H;3*1-4H. The fourth-order valence-electron chi connectivity index (χ4n) is 8.01. The average molecular weight is 1310 g/mol. The molecule has 0 aromatic carbocycles. The summed E-state index contributed by atoms with van der Waals surface area (Å²) >= 11 is 0. The van der Waals surface area contributed by atoms with Gasteiger partial charge in [0.05, 0.1) is 58.4 Å². The van der Waals surface area contributed by atoms with Crippen molar-refractivity contribution >= 4 is 110 Å². The third kappa shape index (κ3) is 20.4. The molecule has 100 heavy (non-hydrogen) atoms. The van der Waals surface area contributed by atoms with E-state index in [0.29, 0.717) is 22.6 Å². The van der Waals surface area contributed by atoms with E-state index >= 15 is 0 Å². The molecule has 0 saturated heterocycles. The van der Waals surface area contributed by atoms with Crippen LogP contribution in [0.3, 0.4) is 0 Å². The molecule has 0 amide bonds. The molecule has 0 radical (unpaired) electrons. The van der Waals surface area contributed by atoms with Crippen molar-refractivity contribution in [2.45, 2.75) is 0 Å². The Balaban J connectivity index is 0.000000112. The normalized spacial score (nSPS) is 10.0. The molecule has 32 heteroatoms. The number of hydrogen-bond donors (Lipinski definition) is 0. The van der Waals surface area contributed by atoms with Crippen LogP contribution in [0.1, 0.15) is 0 Å². The molecule has 20 aromatic rings. The molecule has 20 heterocycles. The van der Waals surface area contributed by atoms with E-state index in [1.807, 2.05) is 79.1 Å². The van der Waals surface area contributed by atoms with Crippen LogP contribution >= 0.6 is 0 Å². The molecular formula is C68H48N32. The van der Waals surface area contributed by atoms with E-state index in [1.54, 1.807) is 167 Å². The maximum Gasteiger partial charge on any atom is 0.197 e. The molecule has 0 aliphatic carbocycles. The molecule has 20 rings (SSSR count). The number of hydrogen-bond acceptors (Lipinski definition) is 32. The Hall–Kier alpha value is -15.2. The SMILES string of the molecule is c1cc2ccncc2cn1.c1cc2cncnc2cn1.c1cc2nccnc2cn1.c1cc2ncncc2cn1.c1cnc2cncnc2c1.c1cnc2nccnc2c1.c1cnc2nccnc2n1.c1cnc2ncncc2c1.c1ncc2cncnc2n1.c1ncc2ncncc2n1. The molecule has 0 unspecified atom stereocenters. The zero-order chi connectivity index (χ0) is 68.1. The van der Waals surface area contributed by atoms with Gasteiger partial charge in [-0.1, -0.05) is 0 Å². The lowest BCUT2D eigenvalue weighted by molar-refractivity contribution is 1.13. The third-order valence-corrected chi connectivity index (χ3v) is 12.6. The largest absolute Gasteiger partial charge is 0.264 e. The summed E-state index contributed by atoms with van der Waals surface area (Å²) in [5, 5.41) is 6.12. The van der Waals surface area contributed by atoms with Crippen LogP contribution in [0.2, 0.25) is 0 Å². The minimum absolute atomic E-state index is 0.588. The minimum atomic E-state index is 0.588. The predicted octanol–water partition coefficient (Wildman–Crippen LogP) is 9.04. The van der Waals surface area contributed by atoms with Crippen molar-refractivity contribution in [1.82, 2.24) is 159 Å². The Kier molecular flexibility index (Phi) is 24.4. The Morgan fingerprint density at radius 3 is 0.970 bits per heavy atom. The van der Waals surface area contributed by atoms with Crippen molar-refractivity contribution < 1.29 is 0 Å². The highest BCUT2D eigenvalue weighted by atomic mass is 15.0. The van der Waals surface area contributed by atoms with Crippen LogP contribution in [0.5, 0.6) is 0 Å². The predicted molar refractivity (Wildman–Crippen MR) is 369 cm³/mol. The second-order valence-electron chi connectivity index (χ2n) is 19.1. The second-order valence-corrected chi connectivity index (χ2v) is 19.1. The number of pyridine rings is 8. The summed E-state index contributed by atoms with van der Waals surface area (Å²) in [6.07, 6.45) is 61.2. The van der Waals surface area contributed by atoms with Crippen LogP contribution < -0.4 is 0 Å². The first-order chi connectivity index (χ1) is 49.7. The van der Waals surface area contributed by atoms with Crippen molar-refractivity contribution in [1.29, 1.82) is 0 Å². The fraction of sp³-hybridized carbons (Fsp3) is 0. The molecule has 20 aromatic heterocycles. The first-order valence-electron chi connectivity index (χ1n) is 29.4. The summed E-state index contributed by atoms with van der Waals surface area (Å²) in [5.74, 6) is 0. The first-order valence-corrected chi connectivity index (χ1v) is 29.4. The van der Waals surface area contributed by atoms with Gasteiger partial charge in [-0.3, -0.25) is 44.9 Å². The molecule has 0 atom stereocenters. The van der Waals surface area contributed by atoms with Gasteiger partial charge in [0.2, 0.25) is 0 Å². The van der Waals surface area contributed by atoms with Gasteiger partial charge in [0.1, 0.15) is 78.2 Å². The highest BCUT2D eigenvalue weighted by molar-refractivity contribution is 5.80. The number of rotatable bonds is 0. The molecule has 0 spiro atoms. The van der Waals surface area contributed by atoms with Gasteiger partial charge >= 0.3 is 0 Å². The maximum atomic E-state index is 4.08. The van der Waals surface area contributed by atoms with Crippen LogP contribution in [0.15, 0.2) is 297 Å². The van der Waals surface area contributed by atoms with Crippen molar-refractivity contribution in [3.05, 3.63) is 297 Å². The van der Waals surface area contributed by atoms with Gasteiger partial charge in [-0.15, -0.1) is 0 Å². The van der Waals surface area contributed by atoms with E-state index in [9.17, 15) is 0 Å². The van der Waals surface area contributed by atoms with E-state index < -0.39 is 0 Å².